The molecule has 3 atom stereocenters. The first-order valence-corrected chi connectivity index (χ1v) is 8.72. The fraction of sp³-hybridized carbons (Fsp3) is 0.529. The lowest BCUT2D eigenvalue weighted by Crippen LogP contribution is -2.44. The number of nitrogens with zero attached hydrogens (tertiary/aromatic N) is 1. The van der Waals surface area contributed by atoms with Crippen LogP contribution >= 0.6 is 15.9 Å². The van der Waals surface area contributed by atoms with Crippen molar-refractivity contribution in [3.63, 3.8) is 0 Å². The summed E-state index contributed by atoms with van der Waals surface area (Å²) in [6, 6.07) is 7.92. The molecule has 1 heterocycles. The zero-order chi connectivity index (χ0) is 16.4. The third kappa shape index (κ3) is 3.75. The van der Waals surface area contributed by atoms with Crippen LogP contribution in [0.15, 0.2) is 28.7 Å². The van der Waals surface area contributed by atoms with Crippen LogP contribution in [-0.2, 0) is 14.3 Å². The number of carboxylic acid groups (broad SMARTS) is 1. The highest BCUT2D eigenvalue weighted by Crippen LogP contribution is 2.33. The first-order valence-electron chi connectivity index (χ1n) is 7.93. The summed E-state index contributed by atoms with van der Waals surface area (Å²) in [5, 5.41) is 9.09. The maximum absolute atomic E-state index is 12.7. The summed E-state index contributed by atoms with van der Waals surface area (Å²) in [6.07, 6.45) is 1.62. The maximum Gasteiger partial charge on any atom is 0.306 e. The summed E-state index contributed by atoms with van der Waals surface area (Å²) < 4.78 is 6.80. The minimum atomic E-state index is -0.783. The monoisotopic (exact) mass is 381 g/mol. The Bertz CT molecular complexity index is 606. The molecule has 1 aromatic carbocycles. The van der Waals surface area contributed by atoms with Gasteiger partial charge >= 0.3 is 5.97 Å². The molecule has 0 aromatic heterocycles. The van der Waals surface area contributed by atoms with E-state index in [1.807, 2.05) is 29.2 Å². The second-order valence-corrected chi connectivity index (χ2v) is 7.16. The molecule has 124 valence electrons. The predicted octanol–water partition coefficient (Wildman–Crippen LogP) is 2.85. The van der Waals surface area contributed by atoms with Gasteiger partial charge in [-0.1, -0.05) is 28.1 Å². The van der Waals surface area contributed by atoms with Gasteiger partial charge in [-0.15, -0.1) is 0 Å². The number of carbonyl (C=O) groups is 2. The van der Waals surface area contributed by atoms with Crippen LogP contribution in [0, 0.1) is 11.8 Å². The lowest BCUT2D eigenvalue weighted by Gasteiger charge is -2.34. The van der Waals surface area contributed by atoms with Crippen LogP contribution in [0.2, 0.25) is 0 Å². The SMILES string of the molecule is O=C(O)[C@@H]1CC[C@H](C(=O)N2CCOC(c3cccc(Br)c3)C2)C1. The van der Waals surface area contributed by atoms with Crippen LogP contribution in [0.25, 0.3) is 0 Å². The number of morpholine rings is 1. The van der Waals surface area contributed by atoms with Crippen molar-refractivity contribution in [2.45, 2.75) is 25.4 Å². The van der Waals surface area contributed by atoms with Gasteiger partial charge in [-0.2, -0.15) is 0 Å². The zero-order valence-electron chi connectivity index (χ0n) is 12.8. The molecule has 1 aliphatic heterocycles. The van der Waals surface area contributed by atoms with Crippen molar-refractivity contribution < 1.29 is 19.4 Å². The first kappa shape index (κ1) is 16.5. The standard InChI is InChI=1S/C17H20BrNO4/c18-14-3-1-2-11(9-14)15-10-19(6-7-23-15)16(20)12-4-5-13(8-12)17(21)22/h1-3,9,12-13,15H,4-8,10H2,(H,21,22)/t12-,13+,15?/m0/s1. The molecular formula is C17H20BrNO4. The first-order chi connectivity index (χ1) is 11.0. The van der Waals surface area contributed by atoms with Gasteiger partial charge in [0, 0.05) is 16.9 Å². The van der Waals surface area contributed by atoms with Crippen LogP contribution in [0.4, 0.5) is 0 Å². The summed E-state index contributed by atoms with van der Waals surface area (Å²) in [5.74, 6) is -1.23. The van der Waals surface area contributed by atoms with Gasteiger partial charge in [0.25, 0.3) is 0 Å². The Morgan fingerprint density at radius 3 is 2.74 bits per heavy atom. The highest BCUT2D eigenvalue weighted by Gasteiger charge is 2.37. The third-order valence-corrected chi connectivity index (χ3v) is 5.22. The second kappa shape index (κ2) is 7.01. The van der Waals surface area contributed by atoms with Gasteiger partial charge in [0.15, 0.2) is 0 Å². The van der Waals surface area contributed by atoms with E-state index < -0.39 is 5.97 Å². The fourth-order valence-electron chi connectivity index (χ4n) is 3.45. The number of hydrogen-bond acceptors (Lipinski definition) is 3. The van der Waals surface area contributed by atoms with Crippen molar-refractivity contribution in [3.8, 4) is 0 Å². The van der Waals surface area contributed by atoms with Crippen molar-refractivity contribution >= 4 is 27.8 Å². The molecule has 1 aromatic rings. The molecule has 1 saturated heterocycles. The van der Waals surface area contributed by atoms with Crippen molar-refractivity contribution in [2.75, 3.05) is 19.7 Å². The Hall–Kier alpha value is -1.40. The van der Waals surface area contributed by atoms with E-state index in [4.69, 9.17) is 9.84 Å². The lowest BCUT2D eigenvalue weighted by atomic mass is 10.0. The minimum Gasteiger partial charge on any atom is -0.481 e. The maximum atomic E-state index is 12.7. The molecule has 0 radical (unpaired) electrons. The Morgan fingerprint density at radius 2 is 2.04 bits per heavy atom. The van der Waals surface area contributed by atoms with E-state index in [0.29, 0.717) is 39.0 Å². The Balaban J connectivity index is 1.64. The van der Waals surface area contributed by atoms with Crippen LogP contribution < -0.4 is 0 Å². The molecule has 2 aliphatic rings. The van der Waals surface area contributed by atoms with E-state index in [1.165, 1.54) is 0 Å². The molecule has 3 rings (SSSR count). The minimum absolute atomic E-state index is 0.0806. The van der Waals surface area contributed by atoms with Gasteiger partial charge in [-0.25, -0.2) is 0 Å². The number of aliphatic carboxylic acids is 1. The Labute approximate surface area is 143 Å². The van der Waals surface area contributed by atoms with Gasteiger partial charge in [0.2, 0.25) is 5.91 Å². The number of carbonyl (C=O) groups excluding carboxylic acids is 1. The second-order valence-electron chi connectivity index (χ2n) is 6.24. The molecule has 1 saturated carbocycles. The molecule has 1 N–H and O–H groups in total. The molecular weight excluding hydrogens is 362 g/mol. The normalized spacial score (nSPS) is 27.9. The number of rotatable bonds is 3. The van der Waals surface area contributed by atoms with Gasteiger partial charge in [-0.3, -0.25) is 9.59 Å². The van der Waals surface area contributed by atoms with E-state index in [1.54, 1.807) is 0 Å². The zero-order valence-corrected chi connectivity index (χ0v) is 14.4. The van der Waals surface area contributed by atoms with Crippen molar-refractivity contribution in [2.24, 2.45) is 11.8 Å². The Morgan fingerprint density at radius 1 is 1.26 bits per heavy atom. The number of halogens is 1. The van der Waals surface area contributed by atoms with E-state index in [0.717, 1.165) is 10.0 Å². The molecule has 2 fully saturated rings. The third-order valence-electron chi connectivity index (χ3n) is 4.73. The molecule has 1 unspecified atom stereocenters. The predicted molar refractivity (Wildman–Crippen MR) is 87.9 cm³/mol. The number of amides is 1. The van der Waals surface area contributed by atoms with Crippen molar-refractivity contribution in [3.05, 3.63) is 34.3 Å². The lowest BCUT2D eigenvalue weighted by molar-refractivity contribution is -0.144. The summed E-state index contributed by atoms with van der Waals surface area (Å²) in [5.41, 5.74) is 1.05. The van der Waals surface area contributed by atoms with Crippen LogP contribution in [0.3, 0.4) is 0 Å². The molecule has 6 heteroatoms. The van der Waals surface area contributed by atoms with Crippen LogP contribution in [-0.4, -0.2) is 41.6 Å². The quantitative estimate of drug-likeness (QED) is 0.873. The highest BCUT2D eigenvalue weighted by molar-refractivity contribution is 9.10. The van der Waals surface area contributed by atoms with Crippen LogP contribution in [0.5, 0.6) is 0 Å². The van der Waals surface area contributed by atoms with E-state index in [9.17, 15) is 9.59 Å². The van der Waals surface area contributed by atoms with Gasteiger partial charge < -0.3 is 14.7 Å². The molecule has 5 nitrogen and oxygen atoms in total. The highest BCUT2D eigenvalue weighted by atomic mass is 79.9. The molecule has 0 spiro atoms. The fourth-order valence-corrected chi connectivity index (χ4v) is 3.86. The molecule has 1 aliphatic carbocycles. The smallest absolute Gasteiger partial charge is 0.306 e. The number of benzene rings is 1. The number of hydrogen-bond donors (Lipinski definition) is 1. The molecule has 0 bridgehead atoms. The summed E-state index contributed by atoms with van der Waals surface area (Å²) in [6.45, 7) is 1.62. The van der Waals surface area contributed by atoms with E-state index in [2.05, 4.69) is 15.9 Å². The van der Waals surface area contributed by atoms with E-state index >= 15 is 0 Å². The van der Waals surface area contributed by atoms with Gasteiger partial charge in [-0.05, 0) is 37.0 Å². The van der Waals surface area contributed by atoms with E-state index in [-0.39, 0.29) is 23.8 Å². The summed E-state index contributed by atoms with van der Waals surface area (Å²) in [4.78, 5) is 25.6. The number of ether oxygens (including phenoxy) is 1. The average molecular weight is 382 g/mol. The number of carboxylic acids is 1. The van der Waals surface area contributed by atoms with Gasteiger partial charge in [0.05, 0.1) is 19.1 Å². The largest absolute Gasteiger partial charge is 0.481 e. The van der Waals surface area contributed by atoms with Crippen molar-refractivity contribution in [1.29, 1.82) is 0 Å². The average Bonchev–Trinajstić information content (AvgIpc) is 3.04. The Kier molecular flexibility index (Phi) is 5.02. The topological polar surface area (TPSA) is 66.8 Å². The van der Waals surface area contributed by atoms with Crippen LogP contribution in [0.1, 0.15) is 30.9 Å². The van der Waals surface area contributed by atoms with Crippen molar-refractivity contribution in [1.82, 2.24) is 4.90 Å². The summed E-state index contributed by atoms with van der Waals surface area (Å²) in [7, 11) is 0. The van der Waals surface area contributed by atoms with Gasteiger partial charge in [0.1, 0.15) is 6.10 Å². The molecule has 23 heavy (non-hydrogen) atoms. The molecule has 1 amide bonds. The summed E-state index contributed by atoms with van der Waals surface area (Å²) >= 11 is 3.46.